The Labute approximate surface area is 114 Å². The Bertz CT molecular complexity index is 441. The summed E-state index contributed by atoms with van der Waals surface area (Å²) in [5.41, 5.74) is 5.39. The maximum absolute atomic E-state index is 5.39. The molecule has 2 rings (SSSR count). The fourth-order valence-corrected chi connectivity index (χ4v) is 3.47. The lowest BCUT2D eigenvalue weighted by molar-refractivity contribution is 0.123. The SMILES string of the molecule is CC1CCN(Cc2ccc(C#CCN)s2)C(C)C1. The van der Waals surface area contributed by atoms with Gasteiger partial charge in [-0.05, 0) is 44.4 Å². The zero-order valence-corrected chi connectivity index (χ0v) is 12.1. The number of thiophene rings is 1. The van der Waals surface area contributed by atoms with Crippen LogP contribution in [0.1, 0.15) is 36.4 Å². The van der Waals surface area contributed by atoms with Gasteiger partial charge in [-0.15, -0.1) is 11.3 Å². The first-order valence-electron chi connectivity index (χ1n) is 6.70. The predicted molar refractivity (Wildman–Crippen MR) is 78.5 cm³/mol. The van der Waals surface area contributed by atoms with Crippen LogP contribution in [0.4, 0.5) is 0 Å². The largest absolute Gasteiger partial charge is 0.320 e. The second kappa shape index (κ2) is 6.38. The highest BCUT2D eigenvalue weighted by molar-refractivity contribution is 7.12. The summed E-state index contributed by atoms with van der Waals surface area (Å²) in [5.74, 6) is 6.90. The molecule has 2 unspecified atom stereocenters. The van der Waals surface area contributed by atoms with Gasteiger partial charge >= 0.3 is 0 Å². The van der Waals surface area contributed by atoms with Gasteiger partial charge in [-0.2, -0.15) is 0 Å². The van der Waals surface area contributed by atoms with Crippen LogP contribution in [0.3, 0.4) is 0 Å². The third kappa shape index (κ3) is 3.58. The summed E-state index contributed by atoms with van der Waals surface area (Å²) in [5, 5.41) is 0. The van der Waals surface area contributed by atoms with Gasteiger partial charge in [0.25, 0.3) is 0 Å². The molecular weight excluding hydrogens is 240 g/mol. The van der Waals surface area contributed by atoms with Crippen molar-refractivity contribution >= 4 is 11.3 Å². The molecule has 0 spiro atoms. The topological polar surface area (TPSA) is 29.3 Å². The molecule has 0 radical (unpaired) electrons. The number of piperidine rings is 1. The summed E-state index contributed by atoms with van der Waals surface area (Å²) in [6, 6.07) is 5.02. The molecule has 0 aromatic carbocycles. The van der Waals surface area contributed by atoms with Gasteiger partial charge in [0.15, 0.2) is 0 Å². The summed E-state index contributed by atoms with van der Waals surface area (Å²) in [7, 11) is 0. The molecule has 2 N–H and O–H groups in total. The smallest absolute Gasteiger partial charge is 0.0772 e. The van der Waals surface area contributed by atoms with E-state index < -0.39 is 0 Å². The van der Waals surface area contributed by atoms with Crippen molar-refractivity contribution < 1.29 is 0 Å². The van der Waals surface area contributed by atoms with E-state index in [0.717, 1.165) is 17.3 Å². The number of hydrogen-bond acceptors (Lipinski definition) is 3. The lowest BCUT2D eigenvalue weighted by Gasteiger charge is -2.36. The average molecular weight is 262 g/mol. The van der Waals surface area contributed by atoms with E-state index in [1.807, 2.05) is 0 Å². The van der Waals surface area contributed by atoms with Gasteiger partial charge in [-0.1, -0.05) is 18.8 Å². The van der Waals surface area contributed by atoms with Crippen molar-refractivity contribution in [2.75, 3.05) is 13.1 Å². The molecule has 0 bridgehead atoms. The van der Waals surface area contributed by atoms with E-state index in [1.54, 1.807) is 11.3 Å². The van der Waals surface area contributed by atoms with Crippen LogP contribution in [-0.4, -0.2) is 24.0 Å². The first-order valence-corrected chi connectivity index (χ1v) is 7.52. The summed E-state index contributed by atoms with van der Waals surface area (Å²) >= 11 is 1.80. The van der Waals surface area contributed by atoms with Crippen LogP contribution in [0.25, 0.3) is 0 Å². The normalized spacial score (nSPS) is 24.6. The van der Waals surface area contributed by atoms with Crippen LogP contribution in [0.5, 0.6) is 0 Å². The van der Waals surface area contributed by atoms with Crippen molar-refractivity contribution in [1.82, 2.24) is 4.90 Å². The highest BCUT2D eigenvalue weighted by Crippen LogP contribution is 2.25. The van der Waals surface area contributed by atoms with Crippen molar-refractivity contribution in [3.05, 3.63) is 21.9 Å². The minimum Gasteiger partial charge on any atom is -0.320 e. The summed E-state index contributed by atoms with van der Waals surface area (Å²) < 4.78 is 0. The van der Waals surface area contributed by atoms with Crippen molar-refractivity contribution in [1.29, 1.82) is 0 Å². The van der Waals surface area contributed by atoms with E-state index in [4.69, 9.17) is 5.73 Å². The van der Waals surface area contributed by atoms with Crippen LogP contribution >= 0.6 is 11.3 Å². The molecule has 98 valence electrons. The lowest BCUT2D eigenvalue weighted by Crippen LogP contribution is -2.39. The Morgan fingerprint density at radius 3 is 3.00 bits per heavy atom. The monoisotopic (exact) mass is 262 g/mol. The Hall–Kier alpha value is -0.820. The van der Waals surface area contributed by atoms with Gasteiger partial charge in [-0.25, -0.2) is 0 Å². The maximum Gasteiger partial charge on any atom is 0.0772 e. The van der Waals surface area contributed by atoms with Gasteiger partial charge in [0, 0.05) is 17.5 Å². The Kier molecular flexibility index (Phi) is 4.82. The minimum absolute atomic E-state index is 0.439. The second-order valence-electron chi connectivity index (χ2n) is 5.22. The maximum atomic E-state index is 5.39. The molecule has 1 aliphatic heterocycles. The van der Waals surface area contributed by atoms with Crippen LogP contribution in [0, 0.1) is 17.8 Å². The third-order valence-corrected chi connectivity index (χ3v) is 4.60. The molecule has 1 saturated heterocycles. The molecule has 3 heteroatoms. The number of hydrogen-bond donors (Lipinski definition) is 1. The predicted octanol–water partition coefficient (Wildman–Crippen LogP) is 2.68. The van der Waals surface area contributed by atoms with Crippen molar-refractivity contribution in [3.8, 4) is 11.8 Å². The summed E-state index contributed by atoms with van der Waals surface area (Å²) in [6.07, 6.45) is 2.65. The molecule has 1 fully saturated rings. The number of nitrogens with zero attached hydrogens (tertiary/aromatic N) is 1. The van der Waals surface area contributed by atoms with E-state index in [-0.39, 0.29) is 0 Å². The number of nitrogens with two attached hydrogens (primary N) is 1. The molecular formula is C15H22N2S. The van der Waals surface area contributed by atoms with Gasteiger partial charge in [-0.3, -0.25) is 4.90 Å². The van der Waals surface area contributed by atoms with Crippen molar-refractivity contribution in [2.45, 2.75) is 39.3 Å². The molecule has 0 aliphatic carbocycles. The van der Waals surface area contributed by atoms with E-state index >= 15 is 0 Å². The molecule has 2 nitrogen and oxygen atoms in total. The number of likely N-dealkylation sites (tertiary alicyclic amines) is 1. The molecule has 1 aromatic rings. The minimum atomic E-state index is 0.439. The zero-order chi connectivity index (χ0) is 13.0. The fraction of sp³-hybridized carbons (Fsp3) is 0.600. The molecule has 2 atom stereocenters. The van der Waals surface area contributed by atoms with Crippen LogP contribution in [0.15, 0.2) is 12.1 Å². The molecule has 1 aromatic heterocycles. The van der Waals surface area contributed by atoms with E-state index in [1.165, 1.54) is 24.3 Å². The third-order valence-electron chi connectivity index (χ3n) is 3.61. The van der Waals surface area contributed by atoms with E-state index in [2.05, 4.69) is 42.7 Å². The molecule has 0 amide bonds. The molecule has 18 heavy (non-hydrogen) atoms. The first kappa shape index (κ1) is 13.6. The molecule has 1 aliphatic rings. The van der Waals surface area contributed by atoms with Gasteiger partial charge < -0.3 is 5.73 Å². The summed E-state index contributed by atoms with van der Waals surface area (Å²) in [6.45, 7) is 7.44. The second-order valence-corrected chi connectivity index (χ2v) is 6.39. The van der Waals surface area contributed by atoms with Gasteiger partial charge in [0.05, 0.1) is 11.4 Å². The lowest BCUT2D eigenvalue weighted by atomic mass is 9.93. The van der Waals surface area contributed by atoms with Gasteiger partial charge in [0.1, 0.15) is 0 Å². The Morgan fingerprint density at radius 2 is 2.28 bits per heavy atom. The summed E-state index contributed by atoms with van der Waals surface area (Å²) in [4.78, 5) is 5.14. The quantitative estimate of drug-likeness (QED) is 0.830. The van der Waals surface area contributed by atoms with Crippen molar-refractivity contribution in [2.24, 2.45) is 11.7 Å². The Morgan fingerprint density at radius 1 is 1.44 bits per heavy atom. The molecule has 0 saturated carbocycles. The van der Waals surface area contributed by atoms with Crippen LogP contribution < -0.4 is 5.73 Å². The zero-order valence-electron chi connectivity index (χ0n) is 11.3. The van der Waals surface area contributed by atoms with Crippen LogP contribution in [-0.2, 0) is 6.54 Å². The van der Waals surface area contributed by atoms with Gasteiger partial charge in [0.2, 0.25) is 0 Å². The van der Waals surface area contributed by atoms with E-state index in [0.29, 0.717) is 12.6 Å². The Balaban J connectivity index is 1.95. The first-order chi connectivity index (χ1) is 8.69. The van der Waals surface area contributed by atoms with Crippen LogP contribution in [0.2, 0.25) is 0 Å². The molecule has 2 heterocycles. The van der Waals surface area contributed by atoms with E-state index in [9.17, 15) is 0 Å². The van der Waals surface area contributed by atoms with Crippen molar-refractivity contribution in [3.63, 3.8) is 0 Å². The highest BCUT2D eigenvalue weighted by Gasteiger charge is 2.22. The number of rotatable bonds is 2. The standard InChI is InChI=1S/C15H22N2S/c1-12-7-9-17(13(2)10-12)11-15-6-5-14(18-15)4-3-8-16/h5-6,12-13H,7-11,16H2,1-2H3. The highest BCUT2D eigenvalue weighted by atomic mass is 32.1. The fourth-order valence-electron chi connectivity index (χ4n) is 2.56. The average Bonchev–Trinajstić information content (AvgIpc) is 2.78.